The van der Waals surface area contributed by atoms with Gasteiger partial charge in [0.15, 0.2) is 0 Å². The molecule has 4 nitrogen and oxygen atoms in total. The number of nitrogens with one attached hydrogen (secondary N) is 1. The van der Waals surface area contributed by atoms with E-state index in [1.54, 1.807) is 0 Å². The number of carbonyl (C=O) groups excluding carboxylic acids is 1. The summed E-state index contributed by atoms with van der Waals surface area (Å²) in [6.45, 7) is 2.58. The van der Waals surface area contributed by atoms with Gasteiger partial charge in [0.25, 0.3) is 0 Å². The molecule has 0 radical (unpaired) electrons. The van der Waals surface area contributed by atoms with E-state index in [2.05, 4.69) is 36.2 Å². The van der Waals surface area contributed by atoms with Gasteiger partial charge in [-0.3, -0.25) is 4.79 Å². The third-order valence-electron chi connectivity index (χ3n) is 3.83. The molecule has 4 heteroatoms. The number of aryl methyl sites for hydroxylation is 1. The molecule has 0 spiro atoms. The summed E-state index contributed by atoms with van der Waals surface area (Å²) in [5.41, 5.74) is 4.24. The van der Waals surface area contributed by atoms with E-state index >= 15 is 0 Å². The monoisotopic (exact) mass is 309 g/mol. The summed E-state index contributed by atoms with van der Waals surface area (Å²) >= 11 is 0. The molecule has 3 rings (SSSR count). The molecule has 0 fully saturated rings. The molecule has 0 saturated heterocycles. The van der Waals surface area contributed by atoms with Gasteiger partial charge in [-0.25, -0.2) is 0 Å². The molecule has 23 heavy (non-hydrogen) atoms. The molecule has 0 aliphatic carbocycles. The Bertz CT molecular complexity index is 818. The van der Waals surface area contributed by atoms with Gasteiger partial charge in [0.05, 0.1) is 13.5 Å². The number of hydrogen-bond acceptors (Lipinski definition) is 3. The maximum atomic E-state index is 11.5. The highest BCUT2D eigenvalue weighted by Crippen LogP contribution is 2.25. The summed E-state index contributed by atoms with van der Waals surface area (Å²) in [6, 6.07) is 14.1. The first kappa shape index (κ1) is 15.2. The zero-order chi connectivity index (χ0) is 16.2. The van der Waals surface area contributed by atoms with Crippen LogP contribution in [0.5, 0.6) is 5.75 Å². The summed E-state index contributed by atoms with van der Waals surface area (Å²) in [5, 5.41) is 0.983. The number of aromatic amines is 1. The fourth-order valence-electron chi connectivity index (χ4n) is 2.47. The lowest BCUT2D eigenvalue weighted by Crippen LogP contribution is -2.03. The Kier molecular flexibility index (Phi) is 4.33. The maximum Gasteiger partial charge on any atom is 0.310 e. The Morgan fingerprint density at radius 1 is 1.13 bits per heavy atom. The molecule has 0 aliphatic rings. The minimum Gasteiger partial charge on any atom is -0.489 e. The Morgan fingerprint density at radius 3 is 2.65 bits per heavy atom. The number of fused-ring (bicyclic) bond motifs is 1. The van der Waals surface area contributed by atoms with Gasteiger partial charge in [0, 0.05) is 17.1 Å². The molecule has 3 aromatic rings. The third-order valence-corrected chi connectivity index (χ3v) is 3.83. The zero-order valence-corrected chi connectivity index (χ0v) is 13.3. The number of methoxy groups -OCH3 is 1. The van der Waals surface area contributed by atoms with Crippen LogP contribution in [0.4, 0.5) is 0 Å². The van der Waals surface area contributed by atoms with Gasteiger partial charge >= 0.3 is 5.97 Å². The number of H-pyrrole nitrogens is 1. The normalized spacial score (nSPS) is 10.7. The van der Waals surface area contributed by atoms with E-state index in [0.29, 0.717) is 6.61 Å². The highest BCUT2D eigenvalue weighted by Gasteiger charge is 2.10. The van der Waals surface area contributed by atoms with Crippen molar-refractivity contribution in [3.05, 3.63) is 65.4 Å². The largest absolute Gasteiger partial charge is 0.489 e. The van der Waals surface area contributed by atoms with Crippen LogP contribution < -0.4 is 4.74 Å². The standard InChI is InChI=1S/C19H19NO3/c1-13-3-5-14(6-4-13)12-23-16-7-8-18-17(10-16)15(11-20-18)9-19(21)22-2/h3-8,10-11,20H,9,12H2,1-2H3. The highest BCUT2D eigenvalue weighted by molar-refractivity contribution is 5.88. The summed E-state index contributed by atoms with van der Waals surface area (Å²) in [5.74, 6) is 0.528. The van der Waals surface area contributed by atoms with E-state index in [4.69, 9.17) is 9.47 Å². The molecule has 0 bridgehead atoms. The van der Waals surface area contributed by atoms with Crippen molar-refractivity contribution in [3.63, 3.8) is 0 Å². The highest BCUT2D eigenvalue weighted by atomic mass is 16.5. The first-order valence-corrected chi connectivity index (χ1v) is 7.51. The molecule has 1 aromatic heterocycles. The molecular weight excluding hydrogens is 290 g/mol. The van der Waals surface area contributed by atoms with Crippen molar-refractivity contribution in [1.29, 1.82) is 0 Å². The smallest absolute Gasteiger partial charge is 0.310 e. The van der Waals surface area contributed by atoms with Crippen molar-refractivity contribution in [2.24, 2.45) is 0 Å². The Morgan fingerprint density at radius 2 is 1.91 bits per heavy atom. The first-order chi connectivity index (χ1) is 11.2. The number of carbonyl (C=O) groups is 1. The molecule has 0 atom stereocenters. The van der Waals surface area contributed by atoms with Gasteiger partial charge in [-0.2, -0.15) is 0 Å². The molecule has 1 heterocycles. The summed E-state index contributed by atoms with van der Waals surface area (Å²) in [4.78, 5) is 14.6. The summed E-state index contributed by atoms with van der Waals surface area (Å²) in [6.07, 6.45) is 2.09. The van der Waals surface area contributed by atoms with Crippen molar-refractivity contribution >= 4 is 16.9 Å². The second-order valence-electron chi connectivity index (χ2n) is 5.55. The Labute approximate surface area is 135 Å². The van der Waals surface area contributed by atoms with E-state index in [-0.39, 0.29) is 12.4 Å². The lowest BCUT2D eigenvalue weighted by molar-refractivity contribution is -0.139. The van der Waals surface area contributed by atoms with Crippen molar-refractivity contribution in [2.45, 2.75) is 20.0 Å². The summed E-state index contributed by atoms with van der Waals surface area (Å²) < 4.78 is 10.6. The van der Waals surface area contributed by atoms with Gasteiger partial charge in [-0.15, -0.1) is 0 Å². The van der Waals surface area contributed by atoms with Crippen LogP contribution in [-0.2, 0) is 22.6 Å². The number of esters is 1. The third kappa shape index (κ3) is 3.54. The molecule has 118 valence electrons. The van der Waals surface area contributed by atoms with E-state index in [1.807, 2.05) is 24.4 Å². The van der Waals surface area contributed by atoms with Crippen LogP contribution in [0.3, 0.4) is 0 Å². The minimum atomic E-state index is -0.253. The van der Waals surface area contributed by atoms with E-state index in [9.17, 15) is 4.79 Å². The van der Waals surface area contributed by atoms with Crippen LogP contribution in [0, 0.1) is 6.92 Å². The molecule has 0 saturated carbocycles. The number of ether oxygens (including phenoxy) is 2. The average molecular weight is 309 g/mol. The molecular formula is C19H19NO3. The summed E-state index contributed by atoms with van der Waals surface area (Å²) in [7, 11) is 1.40. The van der Waals surface area contributed by atoms with Crippen molar-refractivity contribution < 1.29 is 14.3 Å². The molecule has 0 aliphatic heterocycles. The lowest BCUT2D eigenvalue weighted by atomic mass is 10.1. The zero-order valence-electron chi connectivity index (χ0n) is 13.3. The maximum absolute atomic E-state index is 11.5. The molecule has 0 unspecified atom stereocenters. The number of aromatic nitrogens is 1. The van der Waals surface area contributed by atoms with Crippen LogP contribution in [0.15, 0.2) is 48.7 Å². The average Bonchev–Trinajstić information content (AvgIpc) is 2.96. The molecule has 1 N–H and O–H groups in total. The predicted octanol–water partition coefficient (Wildman–Crippen LogP) is 3.77. The van der Waals surface area contributed by atoms with Gasteiger partial charge < -0.3 is 14.5 Å². The van der Waals surface area contributed by atoms with Gasteiger partial charge in [0.2, 0.25) is 0 Å². The van der Waals surface area contributed by atoms with Crippen LogP contribution in [0.1, 0.15) is 16.7 Å². The SMILES string of the molecule is COC(=O)Cc1c[nH]c2ccc(OCc3ccc(C)cc3)cc12. The predicted molar refractivity (Wildman–Crippen MR) is 89.5 cm³/mol. The first-order valence-electron chi connectivity index (χ1n) is 7.51. The van der Waals surface area contributed by atoms with Crippen molar-refractivity contribution in [1.82, 2.24) is 4.98 Å². The topological polar surface area (TPSA) is 51.3 Å². The van der Waals surface area contributed by atoms with Crippen molar-refractivity contribution in [2.75, 3.05) is 7.11 Å². The van der Waals surface area contributed by atoms with Gasteiger partial charge in [-0.05, 0) is 36.2 Å². The second kappa shape index (κ2) is 6.57. The van der Waals surface area contributed by atoms with Crippen LogP contribution in [0.25, 0.3) is 10.9 Å². The fourth-order valence-corrected chi connectivity index (χ4v) is 2.47. The van der Waals surface area contributed by atoms with E-state index in [1.165, 1.54) is 12.7 Å². The van der Waals surface area contributed by atoms with E-state index in [0.717, 1.165) is 27.8 Å². The van der Waals surface area contributed by atoms with Gasteiger partial charge in [0.1, 0.15) is 12.4 Å². The van der Waals surface area contributed by atoms with Crippen LogP contribution in [0.2, 0.25) is 0 Å². The van der Waals surface area contributed by atoms with Crippen LogP contribution in [-0.4, -0.2) is 18.1 Å². The Balaban J connectivity index is 1.77. The van der Waals surface area contributed by atoms with Gasteiger partial charge in [-0.1, -0.05) is 29.8 Å². The lowest BCUT2D eigenvalue weighted by Gasteiger charge is -2.07. The number of hydrogen-bond donors (Lipinski definition) is 1. The van der Waals surface area contributed by atoms with Crippen molar-refractivity contribution in [3.8, 4) is 5.75 Å². The Hall–Kier alpha value is -2.75. The second-order valence-corrected chi connectivity index (χ2v) is 5.55. The number of benzene rings is 2. The van der Waals surface area contributed by atoms with Crippen LogP contribution >= 0.6 is 0 Å². The number of rotatable bonds is 5. The molecule has 0 amide bonds. The minimum absolute atomic E-state index is 0.248. The van der Waals surface area contributed by atoms with E-state index < -0.39 is 0 Å². The fraction of sp³-hybridized carbons (Fsp3) is 0.211. The quantitative estimate of drug-likeness (QED) is 0.730. The molecule has 2 aromatic carbocycles.